The van der Waals surface area contributed by atoms with E-state index in [1.165, 1.54) is 12.8 Å². The molecule has 2 fully saturated rings. The minimum absolute atomic E-state index is 0.0197. The Kier molecular flexibility index (Phi) is 2.87. The summed E-state index contributed by atoms with van der Waals surface area (Å²) in [6.07, 6.45) is 7.01. The zero-order valence-corrected chi connectivity index (χ0v) is 10.4. The van der Waals surface area contributed by atoms with E-state index >= 15 is 0 Å². The van der Waals surface area contributed by atoms with Crippen LogP contribution in [0.4, 0.5) is 0 Å². The van der Waals surface area contributed by atoms with E-state index in [1.807, 2.05) is 4.90 Å². The molecule has 2 saturated carbocycles. The predicted molar refractivity (Wildman–Crippen MR) is 65.2 cm³/mol. The molecule has 17 heavy (non-hydrogen) atoms. The number of hydrogen-bond acceptors (Lipinski definition) is 2. The third-order valence-corrected chi connectivity index (χ3v) is 3.88. The zero-order chi connectivity index (χ0) is 11.8. The fourth-order valence-electron chi connectivity index (χ4n) is 2.72. The van der Waals surface area contributed by atoms with Gasteiger partial charge in [0.05, 0.1) is 0 Å². The average Bonchev–Trinajstić information content (AvgIpc) is 2.82. The second-order valence-electron chi connectivity index (χ2n) is 4.99. The van der Waals surface area contributed by atoms with Crippen LogP contribution >= 0.6 is 11.6 Å². The van der Waals surface area contributed by atoms with E-state index < -0.39 is 0 Å². The lowest BCUT2D eigenvalue weighted by atomic mass is 10.2. The summed E-state index contributed by atoms with van der Waals surface area (Å²) < 4.78 is 5.24. The van der Waals surface area contributed by atoms with Gasteiger partial charge < -0.3 is 9.32 Å². The molecule has 0 unspecified atom stereocenters. The molecule has 4 heteroatoms. The highest BCUT2D eigenvalue weighted by molar-refractivity contribution is 6.29. The summed E-state index contributed by atoms with van der Waals surface area (Å²) in [5.41, 5.74) is 0. The molecule has 1 aromatic rings. The van der Waals surface area contributed by atoms with Crippen LogP contribution in [0.15, 0.2) is 16.5 Å². The molecule has 0 atom stereocenters. The van der Waals surface area contributed by atoms with Gasteiger partial charge in [-0.05, 0) is 49.4 Å². The van der Waals surface area contributed by atoms with Gasteiger partial charge in [-0.1, -0.05) is 12.8 Å². The average molecular weight is 254 g/mol. The van der Waals surface area contributed by atoms with Gasteiger partial charge >= 0.3 is 0 Å². The molecule has 0 saturated heterocycles. The number of hydrogen-bond donors (Lipinski definition) is 0. The quantitative estimate of drug-likeness (QED) is 0.826. The maximum atomic E-state index is 12.4. The summed E-state index contributed by atoms with van der Waals surface area (Å²) in [5.74, 6) is 0.403. The van der Waals surface area contributed by atoms with Crippen LogP contribution in [0.25, 0.3) is 0 Å². The van der Waals surface area contributed by atoms with Gasteiger partial charge in [0.1, 0.15) is 0 Å². The van der Waals surface area contributed by atoms with Crippen molar-refractivity contribution in [3.63, 3.8) is 0 Å². The third kappa shape index (κ3) is 2.21. The molecule has 0 N–H and O–H groups in total. The van der Waals surface area contributed by atoms with Crippen molar-refractivity contribution in [3.05, 3.63) is 23.1 Å². The standard InChI is InChI=1S/C13H16ClNO2/c14-12-8-7-11(17-12)13(16)15(10-5-6-10)9-3-1-2-4-9/h7-10H,1-6H2. The van der Waals surface area contributed by atoms with E-state index in [2.05, 4.69) is 0 Å². The Hall–Kier alpha value is -0.960. The first-order chi connectivity index (χ1) is 8.25. The third-order valence-electron chi connectivity index (χ3n) is 3.68. The lowest BCUT2D eigenvalue weighted by Gasteiger charge is -2.28. The zero-order valence-electron chi connectivity index (χ0n) is 9.69. The molecule has 1 heterocycles. The highest BCUT2D eigenvalue weighted by Crippen LogP contribution is 2.35. The monoisotopic (exact) mass is 253 g/mol. The highest BCUT2D eigenvalue weighted by Gasteiger charge is 2.39. The number of amides is 1. The van der Waals surface area contributed by atoms with E-state index in [0.717, 1.165) is 25.7 Å². The predicted octanol–water partition coefficient (Wildman–Crippen LogP) is 3.48. The summed E-state index contributed by atoms with van der Waals surface area (Å²) in [6, 6.07) is 4.16. The maximum Gasteiger partial charge on any atom is 0.290 e. The number of rotatable bonds is 3. The van der Waals surface area contributed by atoms with Gasteiger partial charge in [-0.15, -0.1) is 0 Å². The van der Waals surface area contributed by atoms with Crippen molar-refractivity contribution in [1.82, 2.24) is 4.90 Å². The molecular formula is C13H16ClNO2. The van der Waals surface area contributed by atoms with Crippen LogP contribution in [-0.2, 0) is 0 Å². The first-order valence-electron chi connectivity index (χ1n) is 6.34. The van der Waals surface area contributed by atoms with E-state index in [0.29, 0.717) is 17.8 Å². The van der Waals surface area contributed by atoms with Crippen molar-refractivity contribution in [2.24, 2.45) is 0 Å². The number of carbonyl (C=O) groups is 1. The topological polar surface area (TPSA) is 33.5 Å². The molecule has 0 bridgehead atoms. The Balaban J connectivity index is 1.80. The maximum absolute atomic E-state index is 12.4. The first kappa shape index (κ1) is 11.1. The summed E-state index contributed by atoms with van der Waals surface area (Å²) >= 11 is 5.73. The van der Waals surface area contributed by atoms with Crippen molar-refractivity contribution in [1.29, 1.82) is 0 Å². The molecule has 2 aliphatic carbocycles. The highest BCUT2D eigenvalue weighted by atomic mass is 35.5. The molecule has 92 valence electrons. The second kappa shape index (κ2) is 4.37. The number of nitrogens with zero attached hydrogens (tertiary/aromatic N) is 1. The summed E-state index contributed by atoms with van der Waals surface area (Å²) in [7, 11) is 0. The van der Waals surface area contributed by atoms with Crippen LogP contribution in [0.5, 0.6) is 0 Å². The Morgan fingerprint density at radius 1 is 1.18 bits per heavy atom. The van der Waals surface area contributed by atoms with Crippen LogP contribution in [-0.4, -0.2) is 22.9 Å². The molecule has 2 aliphatic rings. The lowest BCUT2D eigenvalue weighted by molar-refractivity contribution is 0.0631. The van der Waals surface area contributed by atoms with Gasteiger partial charge in [0, 0.05) is 12.1 Å². The summed E-state index contributed by atoms with van der Waals surface area (Å²) in [6.45, 7) is 0. The van der Waals surface area contributed by atoms with Gasteiger partial charge in [-0.25, -0.2) is 0 Å². The van der Waals surface area contributed by atoms with Crippen molar-refractivity contribution >= 4 is 17.5 Å². The van der Waals surface area contributed by atoms with E-state index in [1.54, 1.807) is 12.1 Å². The molecule has 3 nitrogen and oxygen atoms in total. The molecular weight excluding hydrogens is 238 g/mol. The van der Waals surface area contributed by atoms with Crippen LogP contribution in [0.1, 0.15) is 49.1 Å². The SMILES string of the molecule is O=C(c1ccc(Cl)o1)N(C1CCCC1)C1CC1. The Bertz CT molecular complexity index is 419. The molecule has 0 aliphatic heterocycles. The smallest absolute Gasteiger partial charge is 0.290 e. The molecule has 1 aromatic heterocycles. The molecule has 1 amide bonds. The van der Waals surface area contributed by atoms with Crippen LogP contribution < -0.4 is 0 Å². The second-order valence-corrected chi connectivity index (χ2v) is 5.36. The number of furan rings is 1. The Morgan fingerprint density at radius 2 is 1.82 bits per heavy atom. The Labute approximate surface area is 106 Å². The van der Waals surface area contributed by atoms with E-state index in [-0.39, 0.29) is 11.1 Å². The molecule has 3 rings (SSSR count). The van der Waals surface area contributed by atoms with Crippen LogP contribution in [0, 0.1) is 0 Å². The van der Waals surface area contributed by atoms with Crippen molar-refractivity contribution in [3.8, 4) is 0 Å². The van der Waals surface area contributed by atoms with Gasteiger partial charge in [0.25, 0.3) is 5.91 Å². The van der Waals surface area contributed by atoms with Gasteiger partial charge in [0.2, 0.25) is 0 Å². The summed E-state index contributed by atoms with van der Waals surface area (Å²) in [4.78, 5) is 14.4. The minimum Gasteiger partial charge on any atom is -0.440 e. The number of halogens is 1. The van der Waals surface area contributed by atoms with Crippen molar-refractivity contribution < 1.29 is 9.21 Å². The first-order valence-corrected chi connectivity index (χ1v) is 6.71. The summed E-state index contributed by atoms with van der Waals surface area (Å²) in [5, 5.41) is 0.288. The minimum atomic E-state index is 0.0197. The van der Waals surface area contributed by atoms with E-state index in [4.69, 9.17) is 16.0 Å². The van der Waals surface area contributed by atoms with Crippen molar-refractivity contribution in [2.45, 2.75) is 50.6 Å². The van der Waals surface area contributed by atoms with Crippen LogP contribution in [0.3, 0.4) is 0 Å². The van der Waals surface area contributed by atoms with Gasteiger partial charge in [0.15, 0.2) is 11.0 Å². The molecule has 0 aromatic carbocycles. The van der Waals surface area contributed by atoms with Crippen LogP contribution in [0.2, 0.25) is 5.22 Å². The fraction of sp³-hybridized carbons (Fsp3) is 0.615. The fourth-order valence-corrected chi connectivity index (χ4v) is 2.87. The molecule has 0 spiro atoms. The largest absolute Gasteiger partial charge is 0.440 e. The van der Waals surface area contributed by atoms with Gasteiger partial charge in [-0.3, -0.25) is 4.79 Å². The lowest BCUT2D eigenvalue weighted by Crippen LogP contribution is -2.40. The number of carbonyl (C=O) groups excluding carboxylic acids is 1. The van der Waals surface area contributed by atoms with E-state index in [9.17, 15) is 4.79 Å². The Morgan fingerprint density at radius 3 is 2.35 bits per heavy atom. The normalized spacial score (nSPS) is 20.8. The molecule has 0 radical (unpaired) electrons. The van der Waals surface area contributed by atoms with Gasteiger partial charge in [-0.2, -0.15) is 0 Å². The van der Waals surface area contributed by atoms with Crippen molar-refractivity contribution in [2.75, 3.05) is 0 Å².